The largest absolute Gasteiger partial charge is 0.493 e. The molecule has 9 heteroatoms. The van der Waals surface area contributed by atoms with Crippen LogP contribution in [-0.2, 0) is 10.5 Å². The Labute approximate surface area is 171 Å². The van der Waals surface area contributed by atoms with Crippen molar-refractivity contribution in [2.45, 2.75) is 5.75 Å². The highest BCUT2D eigenvalue weighted by atomic mass is 35.5. The van der Waals surface area contributed by atoms with Gasteiger partial charge in [-0.25, -0.2) is 0 Å². The third-order valence-corrected chi connectivity index (χ3v) is 4.83. The molecule has 2 aromatic carbocycles. The van der Waals surface area contributed by atoms with Crippen LogP contribution in [0.4, 0.5) is 5.69 Å². The van der Waals surface area contributed by atoms with Gasteiger partial charge in [0.15, 0.2) is 11.5 Å². The molecule has 1 aromatic heterocycles. The van der Waals surface area contributed by atoms with E-state index in [0.29, 0.717) is 39.7 Å². The van der Waals surface area contributed by atoms with E-state index < -0.39 is 0 Å². The molecule has 146 valence electrons. The van der Waals surface area contributed by atoms with Gasteiger partial charge < -0.3 is 19.3 Å². The van der Waals surface area contributed by atoms with Crippen LogP contribution in [0.3, 0.4) is 0 Å². The summed E-state index contributed by atoms with van der Waals surface area (Å²) in [5.74, 6) is 2.62. The number of amides is 1. The molecule has 0 saturated carbocycles. The number of benzene rings is 2. The summed E-state index contributed by atoms with van der Waals surface area (Å²) >= 11 is 7.28. The minimum atomic E-state index is -0.133. The molecule has 28 heavy (non-hydrogen) atoms. The molecular formula is C19H18ClN3O4S. The van der Waals surface area contributed by atoms with Gasteiger partial charge >= 0.3 is 0 Å². The number of halogens is 1. The molecule has 0 spiro atoms. The van der Waals surface area contributed by atoms with Crippen molar-refractivity contribution in [3.8, 4) is 22.9 Å². The summed E-state index contributed by atoms with van der Waals surface area (Å²) < 4.78 is 15.8. The molecule has 0 radical (unpaired) electrons. The number of methoxy groups -OCH3 is 2. The van der Waals surface area contributed by atoms with Crippen LogP contribution >= 0.6 is 23.4 Å². The molecule has 0 aliphatic carbocycles. The first-order valence-corrected chi connectivity index (χ1v) is 9.80. The van der Waals surface area contributed by atoms with E-state index in [1.54, 1.807) is 50.6 Å². The Morgan fingerprint density at radius 1 is 1.18 bits per heavy atom. The number of ether oxygens (including phenoxy) is 2. The fourth-order valence-corrected chi connectivity index (χ4v) is 3.24. The zero-order chi connectivity index (χ0) is 19.9. The first kappa shape index (κ1) is 20.0. The SMILES string of the molecule is COc1ccc(-c2noc(CSCC(=O)Nc3cccc(Cl)c3)n2)cc1OC. The van der Waals surface area contributed by atoms with Gasteiger partial charge in [0, 0.05) is 16.3 Å². The molecule has 0 bridgehead atoms. The Morgan fingerprint density at radius 3 is 2.75 bits per heavy atom. The van der Waals surface area contributed by atoms with Crippen LogP contribution in [0.15, 0.2) is 47.0 Å². The van der Waals surface area contributed by atoms with Crippen molar-refractivity contribution < 1.29 is 18.8 Å². The molecule has 0 saturated heterocycles. The average molecular weight is 420 g/mol. The van der Waals surface area contributed by atoms with Crippen molar-refractivity contribution in [1.29, 1.82) is 0 Å². The predicted molar refractivity (Wildman–Crippen MR) is 109 cm³/mol. The van der Waals surface area contributed by atoms with Crippen molar-refractivity contribution in [1.82, 2.24) is 10.1 Å². The number of nitrogens with one attached hydrogen (secondary N) is 1. The summed E-state index contributed by atoms with van der Waals surface area (Å²) in [6.45, 7) is 0. The lowest BCUT2D eigenvalue weighted by molar-refractivity contribution is -0.113. The lowest BCUT2D eigenvalue weighted by atomic mass is 10.2. The second-order valence-electron chi connectivity index (χ2n) is 5.63. The van der Waals surface area contributed by atoms with Gasteiger partial charge in [-0.3, -0.25) is 4.79 Å². The maximum absolute atomic E-state index is 12.0. The van der Waals surface area contributed by atoms with Gasteiger partial charge in [-0.15, -0.1) is 11.8 Å². The zero-order valence-corrected chi connectivity index (χ0v) is 16.8. The monoisotopic (exact) mass is 419 g/mol. The number of anilines is 1. The Kier molecular flexibility index (Phi) is 6.78. The molecule has 1 N–H and O–H groups in total. The molecule has 0 aliphatic rings. The number of carbonyl (C=O) groups is 1. The van der Waals surface area contributed by atoms with Crippen LogP contribution in [0.25, 0.3) is 11.4 Å². The van der Waals surface area contributed by atoms with E-state index in [0.717, 1.165) is 5.56 Å². The Hall–Kier alpha value is -2.71. The fourth-order valence-electron chi connectivity index (χ4n) is 2.40. The summed E-state index contributed by atoms with van der Waals surface area (Å²) in [4.78, 5) is 16.4. The Bertz CT molecular complexity index is 964. The van der Waals surface area contributed by atoms with E-state index in [1.807, 2.05) is 6.07 Å². The van der Waals surface area contributed by atoms with Crippen LogP contribution in [0, 0.1) is 0 Å². The molecule has 0 unspecified atom stereocenters. The summed E-state index contributed by atoms with van der Waals surface area (Å²) in [6, 6.07) is 12.4. The van der Waals surface area contributed by atoms with Gasteiger partial charge in [0.25, 0.3) is 0 Å². The van der Waals surface area contributed by atoms with Crippen LogP contribution in [-0.4, -0.2) is 36.0 Å². The highest BCUT2D eigenvalue weighted by Gasteiger charge is 2.13. The number of thioether (sulfide) groups is 1. The predicted octanol–water partition coefficient (Wildman–Crippen LogP) is 4.28. The van der Waals surface area contributed by atoms with Crippen molar-refractivity contribution in [2.75, 3.05) is 25.3 Å². The van der Waals surface area contributed by atoms with Crippen LogP contribution in [0.5, 0.6) is 11.5 Å². The highest BCUT2D eigenvalue weighted by molar-refractivity contribution is 7.99. The Morgan fingerprint density at radius 2 is 2.00 bits per heavy atom. The molecule has 3 rings (SSSR count). The molecular weight excluding hydrogens is 402 g/mol. The van der Waals surface area contributed by atoms with Gasteiger partial charge in [0.05, 0.1) is 25.7 Å². The van der Waals surface area contributed by atoms with Gasteiger partial charge in [-0.05, 0) is 36.4 Å². The van der Waals surface area contributed by atoms with E-state index in [2.05, 4.69) is 15.5 Å². The van der Waals surface area contributed by atoms with Gasteiger partial charge in [0.2, 0.25) is 17.6 Å². The lowest BCUT2D eigenvalue weighted by Gasteiger charge is -2.07. The first-order valence-electron chi connectivity index (χ1n) is 8.27. The number of hydrogen-bond acceptors (Lipinski definition) is 7. The standard InChI is InChI=1S/C19H18ClN3O4S/c1-25-15-7-6-12(8-16(15)26-2)19-22-18(27-23-19)11-28-10-17(24)21-14-5-3-4-13(20)9-14/h3-9H,10-11H2,1-2H3,(H,21,24). The molecule has 7 nitrogen and oxygen atoms in total. The maximum Gasteiger partial charge on any atom is 0.236 e. The minimum Gasteiger partial charge on any atom is -0.493 e. The van der Waals surface area contributed by atoms with E-state index in [-0.39, 0.29) is 11.7 Å². The molecule has 1 amide bonds. The molecule has 0 aliphatic heterocycles. The van der Waals surface area contributed by atoms with Crippen molar-refractivity contribution in [2.24, 2.45) is 0 Å². The smallest absolute Gasteiger partial charge is 0.236 e. The van der Waals surface area contributed by atoms with E-state index >= 15 is 0 Å². The third-order valence-electron chi connectivity index (χ3n) is 3.68. The number of rotatable bonds is 8. The third kappa shape index (κ3) is 5.17. The number of nitrogens with zero attached hydrogens (tertiary/aromatic N) is 2. The normalized spacial score (nSPS) is 10.5. The maximum atomic E-state index is 12.0. The second-order valence-corrected chi connectivity index (χ2v) is 7.05. The van der Waals surface area contributed by atoms with Gasteiger partial charge in [-0.1, -0.05) is 22.8 Å². The summed E-state index contributed by atoms with van der Waals surface area (Å²) in [5, 5.41) is 7.34. The minimum absolute atomic E-state index is 0.133. The lowest BCUT2D eigenvalue weighted by Crippen LogP contribution is -2.14. The first-order chi connectivity index (χ1) is 13.6. The van der Waals surface area contributed by atoms with Crippen LogP contribution < -0.4 is 14.8 Å². The fraction of sp³-hybridized carbons (Fsp3) is 0.211. The van der Waals surface area contributed by atoms with Crippen LogP contribution in [0.1, 0.15) is 5.89 Å². The van der Waals surface area contributed by atoms with E-state index in [9.17, 15) is 4.79 Å². The van der Waals surface area contributed by atoms with Gasteiger partial charge in [-0.2, -0.15) is 4.98 Å². The molecule has 0 fully saturated rings. The van der Waals surface area contributed by atoms with Gasteiger partial charge in [0.1, 0.15) is 0 Å². The number of carbonyl (C=O) groups excluding carboxylic acids is 1. The van der Waals surface area contributed by atoms with Crippen molar-refractivity contribution in [3.63, 3.8) is 0 Å². The topological polar surface area (TPSA) is 86.5 Å². The average Bonchev–Trinajstić information content (AvgIpc) is 3.16. The number of aromatic nitrogens is 2. The highest BCUT2D eigenvalue weighted by Crippen LogP contribution is 2.31. The quantitative estimate of drug-likeness (QED) is 0.583. The molecule has 0 atom stereocenters. The summed E-state index contributed by atoms with van der Waals surface area (Å²) in [5.41, 5.74) is 1.41. The molecule has 3 aromatic rings. The molecule has 1 heterocycles. The van der Waals surface area contributed by atoms with Crippen molar-refractivity contribution >= 4 is 35.0 Å². The van der Waals surface area contributed by atoms with Crippen molar-refractivity contribution in [3.05, 3.63) is 53.4 Å². The second kappa shape index (κ2) is 9.48. The van der Waals surface area contributed by atoms with Crippen LogP contribution in [0.2, 0.25) is 5.02 Å². The number of hydrogen-bond donors (Lipinski definition) is 1. The Balaban J connectivity index is 1.54. The van der Waals surface area contributed by atoms with E-state index in [1.165, 1.54) is 11.8 Å². The summed E-state index contributed by atoms with van der Waals surface area (Å²) in [6.07, 6.45) is 0. The summed E-state index contributed by atoms with van der Waals surface area (Å²) in [7, 11) is 3.14. The zero-order valence-electron chi connectivity index (χ0n) is 15.3. The van der Waals surface area contributed by atoms with E-state index in [4.69, 9.17) is 25.6 Å².